The van der Waals surface area contributed by atoms with Gasteiger partial charge in [-0.1, -0.05) is 30.3 Å². The Kier molecular flexibility index (Phi) is 3.20. The normalized spacial score (nSPS) is 12.8. The average Bonchev–Trinajstić information content (AvgIpc) is 2.67. The summed E-state index contributed by atoms with van der Waals surface area (Å²) in [6.07, 6.45) is 1.99. The Bertz CT molecular complexity index is 1220. The highest BCUT2D eigenvalue weighted by Gasteiger charge is 2.23. The van der Waals surface area contributed by atoms with Crippen LogP contribution >= 0.6 is 0 Å². The maximum atomic E-state index is 11.8. The maximum Gasteiger partial charge on any atom is 0.308 e. The number of aryl methyl sites for hydroxylation is 2. The van der Waals surface area contributed by atoms with E-state index in [0.717, 1.165) is 40.1 Å². The SMILES string of the molecule is COc1ccc2c3c1ccc1c(OC(C)=O)c4ccccc4c(c13)CC2. The predicted octanol–water partition coefficient (Wildman–Crippen LogP) is 5.18. The van der Waals surface area contributed by atoms with E-state index in [1.807, 2.05) is 24.3 Å². The molecule has 1 aliphatic rings. The highest BCUT2D eigenvalue weighted by Crippen LogP contribution is 2.46. The standard InChI is InChI=1S/C23H18O3/c1-13(24)26-23-17-6-4-3-5-15(17)16-9-7-14-8-12-20(25-2)18-10-11-19(23)22(16)21(14)18/h3-6,8,10-12H,7,9H2,1-2H3. The summed E-state index contributed by atoms with van der Waals surface area (Å²) in [5.41, 5.74) is 2.65. The van der Waals surface area contributed by atoms with Crippen LogP contribution < -0.4 is 9.47 Å². The summed E-state index contributed by atoms with van der Waals surface area (Å²) in [5, 5.41) is 6.69. The average molecular weight is 342 g/mol. The van der Waals surface area contributed by atoms with E-state index in [9.17, 15) is 4.79 Å². The topological polar surface area (TPSA) is 35.5 Å². The van der Waals surface area contributed by atoms with Gasteiger partial charge in [-0.15, -0.1) is 0 Å². The Hall–Kier alpha value is -3.07. The van der Waals surface area contributed by atoms with Crippen molar-refractivity contribution in [3.63, 3.8) is 0 Å². The first-order valence-electron chi connectivity index (χ1n) is 8.83. The van der Waals surface area contributed by atoms with Gasteiger partial charge in [0.2, 0.25) is 0 Å². The van der Waals surface area contributed by atoms with Gasteiger partial charge in [0.05, 0.1) is 7.11 Å². The third-order valence-corrected chi connectivity index (χ3v) is 5.38. The maximum absolute atomic E-state index is 11.8. The molecule has 3 nitrogen and oxygen atoms in total. The van der Waals surface area contributed by atoms with Crippen LogP contribution in [0.3, 0.4) is 0 Å². The summed E-state index contributed by atoms with van der Waals surface area (Å²) in [4.78, 5) is 11.8. The lowest BCUT2D eigenvalue weighted by Gasteiger charge is -2.23. The Balaban J connectivity index is 2.07. The quantitative estimate of drug-likeness (QED) is 0.218. The number of hydrogen-bond donors (Lipinski definition) is 0. The number of ether oxygens (including phenoxy) is 2. The molecule has 3 heteroatoms. The summed E-state index contributed by atoms with van der Waals surface area (Å²) in [6, 6.07) is 16.5. The van der Waals surface area contributed by atoms with Gasteiger partial charge in [0, 0.05) is 23.1 Å². The third-order valence-electron chi connectivity index (χ3n) is 5.38. The highest BCUT2D eigenvalue weighted by atomic mass is 16.5. The van der Waals surface area contributed by atoms with E-state index in [0.29, 0.717) is 5.75 Å². The number of hydrogen-bond acceptors (Lipinski definition) is 3. The van der Waals surface area contributed by atoms with Gasteiger partial charge in [0.1, 0.15) is 11.5 Å². The van der Waals surface area contributed by atoms with Crippen LogP contribution in [0.5, 0.6) is 11.5 Å². The minimum absolute atomic E-state index is 0.299. The van der Waals surface area contributed by atoms with Crippen LogP contribution in [0.2, 0.25) is 0 Å². The molecule has 0 bridgehead atoms. The van der Waals surface area contributed by atoms with Crippen LogP contribution in [0, 0.1) is 0 Å². The van der Waals surface area contributed by atoms with Gasteiger partial charge in [-0.3, -0.25) is 4.79 Å². The Morgan fingerprint density at radius 3 is 2.38 bits per heavy atom. The monoisotopic (exact) mass is 342 g/mol. The molecule has 0 amide bonds. The molecule has 0 atom stereocenters. The zero-order chi connectivity index (χ0) is 17.8. The lowest BCUT2D eigenvalue weighted by molar-refractivity contribution is -0.131. The molecule has 4 aromatic rings. The minimum Gasteiger partial charge on any atom is -0.496 e. The second-order valence-electron chi connectivity index (χ2n) is 6.78. The second-order valence-corrected chi connectivity index (χ2v) is 6.78. The Morgan fingerprint density at radius 1 is 0.846 bits per heavy atom. The molecular formula is C23H18O3. The van der Waals surface area contributed by atoms with E-state index < -0.39 is 0 Å². The Morgan fingerprint density at radius 2 is 1.62 bits per heavy atom. The summed E-state index contributed by atoms with van der Waals surface area (Å²) >= 11 is 0. The summed E-state index contributed by atoms with van der Waals surface area (Å²) in [5.74, 6) is 1.23. The predicted molar refractivity (Wildman–Crippen MR) is 104 cm³/mol. The molecule has 5 rings (SSSR count). The van der Waals surface area contributed by atoms with Gasteiger partial charge < -0.3 is 9.47 Å². The first-order chi connectivity index (χ1) is 12.7. The fourth-order valence-electron chi connectivity index (χ4n) is 4.38. The van der Waals surface area contributed by atoms with Crippen molar-refractivity contribution in [1.29, 1.82) is 0 Å². The van der Waals surface area contributed by atoms with Crippen LogP contribution in [0.25, 0.3) is 32.3 Å². The molecule has 0 spiro atoms. The second kappa shape index (κ2) is 5.46. The molecule has 0 saturated heterocycles. The van der Waals surface area contributed by atoms with Crippen LogP contribution in [0.15, 0.2) is 48.5 Å². The molecule has 26 heavy (non-hydrogen) atoms. The number of fused-ring (bicyclic) bond motifs is 2. The van der Waals surface area contributed by atoms with Crippen molar-refractivity contribution in [2.45, 2.75) is 19.8 Å². The number of carbonyl (C=O) groups excluding carboxylic acids is 1. The van der Waals surface area contributed by atoms with Crippen molar-refractivity contribution in [3.05, 3.63) is 59.7 Å². The summed E-state index contributed by atoms with van der Waals surface area (Å²) in [7, 11) is 1.70. The van der Waals surface area contributed by atoms with Crippen LogP contribution in [0.4, 0.5) is 0 Å². The van der Waals surface area contributed by atoms with Gasteiger partial charge in [-0.25, -0.2) is 0 Å². The van der Waals surface area contributed by atoms with Gasteiger partial charge in [-0.05, 0) is 58.3 Å². The van der Waals surface area contributed by atoms with E-state index in [1.165, 1.54) is 28.8 Å². The highest BCUT2D eigenvalue weighted by molar-refractivity contribution is 6.21. The molecule has 0 aliphatic heterocycles. The van der Waals surface area contributed by atoms with E-state index in [4.69, 9.17) is 9.47 Å². The van der Waals surface area contributed by atoms with E-state index >= 15 is 0 Å². The zero-order valence-electron chi connectivity index (χ0n) is 14.8. The molecule has 0 unspecified atom stereocenters. The molecule has 1 aliphatic carbocycles. The van der Waals surface area contributed by atoms with Gasteiger partial charge in [0.25, 0.3) is 0 Å². The van der Waals surface area contributed by atoms with Crippen LogP contribution in [-0.4, -0.2) is 13.1 Å². The zero-order valence-corrected chi connectivity index (χ0v) is 14.8. The molecular weight excluding hydrogens is 324 g/mol. The van der Waals surface area contributed by atoms with E-state index in [-0.39, 0.29) is 5.97 Å². The molecule has 0 saturated carbocycles. The fourth-order valence-corrected chi connectivity index (χ4v) is 4.38. The first-order valence-corrected chi connectivity index (χ1v) is 8.83. The lowest BCUT2D eigenvalue weighted by atomic mass is 9.83. The molecule has 0 aromatic heterocycles. The first kappa shape index (κ1) is 15.2. The van der Waals surface area contributed by atoms with Crippen molar-refractivity contribution in [3.8, 4) is 11.5 Å². The van der Waals surface area contributed by atoms with E-state index in [2.05, 4.69) is 24.3 Å². The fraction of sp³-hybridized carbons (Fsp3) is 0.174. The van der Waals surface area contributed by atoms with Crippen molar-refractivity contribution in [2.75, 3.05) is 7.11 Å². The molecule has 0 radical (unpaired) electrons. The van der Waals surface area contributed by atoms with Crippen molar-refractivity contribution in [1.82, 2.24) is 0 Å². The third kappa shape index (κ3) is 1.97. The lowest BCUT2D eigenvalue weighted by Crippen LogP contribution is -2.07. The van der Waals surface area contributed by atoms with Crippen molar-refractivity contribution in [2.24, 2.45) is 0 Å². The van der Waals surface area contributed by atoms with Crippen molar-refractivity contribution < 1.29 is 14.3 Å². The molecule has 4 aromatic carbocycles. The number of rotatable bonds is 2. The van der Waals surface area contributed by atoms with Crippen LogP contribution in [0.1, 0.15) is 18.1 Å². The molecule has 0 heterocycles. The van der Waals surface area contributed by atoms with Gasteiger partial charge >= 0.3 is 5.97 Å². The van der Waals surface area contributed by atoms with Crippen molar-refractivity contribution >= 4 is 38.3 Å². The largest absolute Gasteiger partial charge is 0.496 e. The van der Waals surface area contributed by atoms with Crippen LogP contribution in [-0.2, 0) is 17.6 Å². The smallest absolute Gasteiger partial charge is 0.308 e. The van der Waals surface area contributed by atoms with E-state index in [1.54, 1.807) is 7.11 Å². The molecule has 0 fully saturated rings. The molecule has 128 valence electrons. The number of esters is 1. The Labute approximate surface area is 151 Å². The minimum atomic E-state index is -0.299. The number of methoxy groups -OCH3 is 1. The summed E-state index contributed by atoms with van der Waals surface area (Å²) in [6.45, 7) is 1.45. The van der Waals surface area contributed by atoms with Gasteiger partial charge in [-0.2, -0.15) is 0 Å². The number of carbonyl (C=O) groups is 1. The van der Waals surface area contributed by atoms with Gasteiger partial charge in [0.15, 0.2) is 0 Å². The molecule has 0 N–H and O–H groups in total. The summed E-state index contributed by atoms with van der Waals surface area (Å²) < 4.78 is 11.3. The number of benzene rings is 4.